The molecule has 0 bridgehead atoms. The molecule has 0 aliphatic heterocycles. The molecule has 0 unspecified atom stereocenters. The number of carboxylic acid groups (broad SMARTS) is 1. The van der Waals surface area contributed by atoms with Gasteiger partial charge in [-0.1, -0.05) is 84.4 Å². The van der Waals surface area contributed by atoms with Crippen LogP contribution in [0.3, 0.4) is 0 Å². The number of hydrogen-bond acceptors (Lipinski definition) is 6. The molecule has 3 heterocycles. The Hall–Kier alpha value is -4.58. The van der Waals surface area contributed by atoms with Crippen LogP contribution < -0.4 is 4.72 Å². The van der Waals surface area contributed by atoms with Crippen LogP contribution >= 0.6 is 34.3 Å². The lowest BCUT2D eigenvalue weighted by Crippen LogP contribution is -2.27. The Bertz CT molecular complexity index is 2400. The average molecular weight is 766 g/mol. The van der Waals surface area contributed by atoms with Crippen molar-refractivity contribution in [3.05, 3.63) is 164 Å². The largest absolute Gasteiger partial charge is 0.478 e. The van der Waals surface area contributed by atoms with E-state index in [-0.39, 0.29) is 22.4 Å². The third kappa shape index (κ3) is 7.77. The normalized spacial score (nSPS) is 11.8. The standard InChI is InChI=1S/C41H36ClN3O4S3/c1-27-44-35(26-50-27)38-21-22-39(51-38)52(48,49)43-24-23-37-33(14-8-9-28-15-17-31(18-16-28)41(46)47)34-25-32(42)19-20-36(34)45(37)40(29-10-4-2-5-11-29)30-12-6-3-7-13-30/h2-7,10-13,15-22,25-26,40,43H,8-9,14,23-24H2,1H3,(H,46,47). The minimum absolute atomic E-state index is 0.184. The highest BCUT2D eigenvalue weighted by molar-refractivity contribution is 7.91. The maximum absolute atomic E-state index is 13.7. The summed E-state index contributed by atoms with van der Waals surface area (Å²) in [7, 11) is -3.79. The second-order valence-corrected chi connectivity index (χ2v) is 17.1. The summed E-state index contributed by atoms with van der Waals surface area (Å²) in [6.45, 7) is 2.12. The fraction of sp³-hybridized carbons (Fsp3) is 0.171. The zero-order chi connectivity index (χ0) is 36.2. The van der Waals surface area contributed by atoms with Crippen LogP contribution in [0.5, 0.6) is 0 Å². The molecule has 0 atom stereocenters. The average Bonchev–Trinajstić information content (AvgIpc) is 3.89. The molecule has 264 valence electrons. The maximum Gasteiger partial charge on any atom is 0.335 e. The lowest BCUT2D eigenvalue weighted by molar-refractivity contribution is 0.0697. The number of thiophene rings is 1. The van der Waals surface area contributed by atoms with Crippen LogP contribution in [-0.2, 0) is 29.3 Å². The number of nitrogens with zero attached hydrogens (tertiary/aromatic N) is 2. The van der Waals surface area contributed by atoms with Crippen molar-refractivity contribution in [2.75, 3.05) is 6.54 Å². The van der Waals surface area contributed by atoms with Crippen LogP contribution in [0.2, 0.25) is 5.02 Å². The molecule has 7 rings (SSSR count). The Kier molecular flexibility index (Phi) is 10.7. The predicted octanol–water partition coefficient (Wildman–Crippen LogP) is 9.82. The van der Waals surface area contributed by atoms with Crippen LogP contribution in [0.15, 0.2) is 125 Å². The van der Waals surface area contributed by atoms with E-state index in [1.807, 2.05) is 79.0 Å². The minimum Gasteiger partial charge on any atom is -0.478 e. The molecule has 52 heavy (non-hydrogen) atoms. The lowest BCUT2D eigenvalue weighted by Gasteiger charge is -2.25. The van der Waals surface area contributed by atoms with E-state index >= 15 is 0 Å². The summed E-state index contributed by atoms with van der Waals surface area (Å²) in [6, 6.07) is 37.0. The van der Waals surface area contributed by atoms with Gasteiger partial charge in [0.05, 0.1) is 27.2 Å². The highest BCUT2D eigenvalue weighted by atomic mass is 35.5. The van der Waals surface area contributed by atoms with Gasteiger partial charge in [-0.15, -0.1) is 22.7 Å². The topological polar surface area (TPSA) is 101 Å². The van der Waals surface area contributed by atoms with Crippen LogP contribution in [0, 0.1) is 6.92 Å². The molecule has 7 nitrogen and oxygen atoms in total. The molecular weight excluding hydrogens is 730 g/mol. The van der Waals surface area contributed by atoms with Crippen molar-refractivity contribution in [1.29, 1.82) is 0 Å². The number of benzene rings is 4. The zero-order valence-electron chi connectivity index (χ0n) is 28.3. The molecule has 2 N–H and O–H groups in total. The number of aromatic carboxylic acids is 1. The quantitative estimate of drug-likeness (QED) is 0.115. The Morgan fingerprint density at radius 3 is 2.21 bits per heavy atom. The molecule has 11 heteroatoms. The first-order valence-electron chi connectivity index (χ1n) is 16.9. The maximum atomic E-state index is 13.7. The van der Waals surface area contributed by atoms with E-state index in [9.17, 15) is 18.3 Å². The van der Waals surface area contributed by atoms with Gasteiger partial charge >= 0.3 is 5.97 Å². The fourth-order valence-electron chi connectivity index (χ4n) is 6.75. The van der Waals surface area contributed by atoms with E-state index in [0.29, 0.717) is 17.9 Å². The Morgan fingerprint density at radius 2 is 1.58 bits per heavy atom. The molecule has 0 amide bonds. The summed E-state index contributed by atoms with van der Waals surface area (Å²) >= 11 is 9.42. The van der Waals surface area contributed by atoms with Crippen molar-refractivity contribution in [3.8, 4) is 10.6 Å². The number of thiazole rings is 1. The number of sulfonamides is 1. The number of aromatic nitrogens is 2. The highest BCUT2D eigenvalue weighted by Crippen LogP contribution is 2.38. The van der Waals surface area contributed by atoms with Crippen LogP contribution in [0.4, 0.5) is 0 Å². The second kappa shape index (κ2) is 15.6. The number of carboxylic acids is 1. The number of aryl methyl sites for hydroxylation is 3. The van der Waals surface area contributed by atoms with Crippen molar-refractivity contribution < 1.29 is 18.3 Å². The second-order valence-electron chi connectivity index (χ2n) is 12.6. The number of halogens is 1. The third-order valence-electron chi connectivity index (χ3n) is 9.14. The van der Waals surface area contributed by atoms with Crippen molar-refractivity contribution in [1.82, 2.24) is 14.3 Å². The molecule has 0 fully saturated rings. The van der Waals surface area contributed by atoms with Crippen molar-refractivity contribution in [2.24, 2.45) is 0 Å². The third-order valence-corrected chi connectivity index (χ3v) is 13.2. The number of nitrogens with one attached hydrogen (secondary N) is 1. The van der Waals surface area contributed by atoms with E-state index in [2.05, 4.69) is 44.6 Å². The Balaban J connectivity index is 1.27. The zero-order valence-corrected chi connectivity index (χ0v) is 31.5. The van der Waals surface area contributed by atoms with E-state index in [1.54, 1.807) is 18.2 Å². The first-order chi connectivity index (χ1) is 25.2. The molecule has 0 spiro atoms. The predicted molar refractivity (Wildman–Crippen MR) is 212 cm³/mol. The number of fused-ring (bicyclic) bond motifs is 1. The molecule has 0 aliphatic rings. The van der Waals surface area contributed by atoms with Crippen molar-refractivity contribution in [3.63, 3.8) is 0 Å². The van der Waals surface area contributed by atoms with Crippen LogP contribution in [0.1, 0.15) is 55.8 Å². The Labute approximate surface area is 316 Å². The fourth-order valence-corrected chi connectivity index (χ4v) is 9.95. The van der Waals surface area contributed by atoms with Crippen LogP contribution in [-0.4, -0.2) is 35.6 Å². The van der Waals surface area contributed by atoms with Gasteiger partial charge in [-0.2, -0.15) is 0 Å². The van der Waals surface area contributed by atoms with Gasteiger partial charge in [0.1, 0.15) is 4.21 Å². The Morgan fingerprint density at radius 1 is 0.885 bits per heavy atom. The van der Waals surface area contributed by atoms with Gasteiger partial charge in [-0.3, -0.25) is 0 Å². The smallest absolute Gasteiger partial charge is 0.335 e. The summed E-state index contributed by atoms with van der Waals surface area (Å²) < 4.78 is 32.8. The minimum atomic E-state index is -3.79. The summed E-state index contributed by atoms with van der Waals surface area (Å²) in [4.78, 5) is 16.7. The van der Waals surface area contributed by atoms with E-state index in [4.69, 9.17) is 11.6 Å². The molecule has 0 radical (unpaired) electrons. The molecule has 0 saturated heterocycles. The van der Waals surface area contributed by atoms with Crippen molar-refractivity contribution in [2.45, 2.75) is 42.9 Å². The summed E-state index contributed by atoms with van der Waals surface area (Å²) in [5.74, 6) is -0.947. The lowest BCUT2D eigenvalue weighted by atomic mass is 9.97. The monoisotopic (exact) mass is 765 g/mol. The van der Waals surface area contributed by atoms with E-state index in [0.717, 1.165) is 67.3 Å². The molecule has 0 saturated carbocycles. The molecule has 7 aromatic rings. The van der Waals surface area contributed by atoms with Gasteiger partial charge in [0.2, 0.25) is 10.0 Å². The molecule has 4 aromatic carbocycles. The highest BCUT2D eigenvalue weighted by Gasteiger charge is 2.26. The summed E-state index contributed by atoms with van der Waals surface area (Å²) in [5.41, 5.74) is 7.48. The van der Waals surface area contributed by atoms with Gasteiger partial charge in [0.25, 0.3) is 0 Å². The SMILES string of the molecule is Cc1nc(-c2ccc(S(=O)(=O)NCCc3c(CCCc4ccc(C(=O)O)cc4)c4cc(Cl)ccc4n3C(c3ccccc3)c3ccccc3)s2)cs1. The molecular formula is C41H36ClN3O4S3. The van der Waals surface area contributed by atoms with Crippen molar-refractivity contribution >= 4 is 61.2 Å². The number of rotatable bonds is 14. The summed E-state index contributed by atoms with van der Waals surface area (Å²) in [6.07, 6.45) is 2.70. The van der Waals surface area contributed by atoms with Gasteiger partial charge in [0.15, 0.2) is 0 Å². The molecule has 0 aliphatic carbocycles. The van der Waals surface area contributed by atoms with E-state index in [1.165, 1.54) is 22.7 Å². The first kappa shape index (κ1) is 35.8. The number of carbonyl (C=O) groups is 1. The molecule has 3 aromatic heterocycles. The van der Waals surface area contributed by atoms with Gasteiger partial charge in [-0.25, -0.2) is 22.9 Å². The first-order valence-corrected chi connectivity index (χ1v) is 20.5. The van der Waals surface area contributed by atoms with Gasteiger partial charge < -0.3 is 9.67 Å². The van der Waals surface area contributed by atoms with Crippen LogP contribution in [0.25, 0.3) is 21.5 Å². The van der Waals surface area contributed by atoms with Gasteiger partial charge in [0, 0.05) is 40.0 Å². The van der Waals surface area contributed by atoms with Gasteiger partial charge in [-0.05, 0) is 90.9 Å². The summed E-state index contributed by atoms with van der Waals surface area (Å²) in [5, 5.41) is 13.9. The van der Waals surface area contributed by atoms with E-state index < -0.39 is 16.0 Å². The number of hydrogen-bond donors (Lipinski definition) is 2.